The first-order valence-corrected chi connectivity index (χ1v) is 8.32. The van der Waals surface area contributed by atoms with E-state index in [1.807, 2.05) is 60.1 Å². The maximum Gasteiger partial charge on any atom is 0.270 e. The topological polar surface area (TPSA) is 68.3 Å². The van der Waals surface area contributed by atoms with Crippen molar-refractivity contribution in [2.24, 2.45) is 12.8 Å². The molecule has 5 nitrogen and oxygen atoms in total. The number of nitrogens with zero attached hydrogens (tertiary/aromatic N) is 2. The summed E-state index contributed by atoms with van der Waals surface area (Å²) < 4.78 is 1.90. The molecule has 0 aliphatic heterocycles. The zero-order chi connectivity index (χ0) is 18.7. The van der Waals surface area contributed by atoms with Crippen LogP contribution in [0.5, 0.6) is 0 Å². The van der Waals surface area contributed by atoms with E-state index in [1.165, 1.54) is 0 Å². The van der Waals surface area contributed by atoms with Crippen LogP contribution in [0.2, 0.25) is 0 Å². The highest BCUT2D eigenvalue weighted by molar-refractivity contribution is 5.94. The maximum atomic E-state index is 12.8. The third kappa shape index (κ3) is 3.52. The van der Waals surface area contributed by atoms with Crippen LogP contribution in [0.25, 0.3) is 11.3 Å². The van der Waals surface area contributed by atoms with Gasteiger partial charge in [-0.3, -0.25) is 9.59 Å². The molecule has 1 aromatic heterocycles. The highest BCUT2D eigenvalue weighted by atomic mass is 16.2. The van der Waals surface area contributed by atoms with Gasteiger partial charge in [0.15, 0.2) is 0 Å². The fraction of sp³-hybridized carbons (Fsp3) is 0.143. The Hall–Kier alpha value is -3.34. The molecule has 1 heterocycles. The second-order valence-corrected chi connectivity index (χ2v) is 6.25. The molecule has 0 unspecified atom stereocenters. The number of rotatable bonds is 5. The van der Waals surface area contributed by atoms with Gasteiger partial charge in [0.05, 0.1) is 0 Å². The van der Waals surface area contributed by atoms with E-state index in [4.69, 9.17) is 5.73 Å². The zero-order valence-electron chi connectivity index (χ0n) is 14.8. The number of nitrogens with two attached hydrogens (primary N) is 1. The Bertz CT molecular complexity index is 945. The summed E-state index contributed by atoms with van der Waals surface area (Å²) in [6, 6.07) is 20.7. The third-order valence-corrected chi connectivity index (χ3v) is 4.39. The number of aromatic nitrogens is 1. The highest BCUT2D eigenvalue weighted by Crippen LogP contribution is 2.22. The zero-order valence-corrected chi connectivity index (χ0v) is 14.8. The first kappa shape index (κ1) is 17.5. The van der Waals surface area contributed by atoms with Crippen molar-refractivity contribution >= 4 is 11.8 Å². The molecule has 5 heteroatoms. The van der Waals surface area contributed by atoms with Gasteiger partial charge in [0.2, 0.25) is 5.91 Å². The van der Waals surface area contributed by atoms with Crippen molar-refractivity contribution in [3.8, 4) is 11.3 Å². The lowest BCUT2D eigenvalue weighted by Gasteiger charge is -2.18. The molecule has 26 heavy (non-hydrogen) atoms. The second-order valence-electron chi connectivity index (χ2n) is 6.25. The Morgan fingerprint density at radius 1 is 1.00 bits per heavy atom. The van der Waals surface area contributed by atoms with Crippen LogP contribution in [0.1, 0.15) is 26.4 Å². The molecule has 3 aromatic rings. The minimum absolute atomic E-state index is 0.0841. The molecule has 2 aromatic carbocycles. The molecule has 2 N–H and O–H groups in total. The van der Waals surface area contributed by atoms with Gasteiger partial charge < -0.3 is 15.2 Å². The average molecular weight is 347 g/mol. The Morgan fingerprint density at radius 3 is 2.42 bits per heavy atom. The van der Waals surface area contributed by atoms with Crippen molar-refractivity contribution in [2.45, 2.75) is 6.54 Å². The van der Waals surface area contributed by atoms with Crippen LogP contribution in [0.15, 0.2) is 66.7 Å². The lowest BCUT2D eigenvalue weighted by Crippen LogP contribution is -2.28. The maximum absolute atomic E-state index is 12.8. The molecule has 0 bridgehead atoms. The van der Waals surface area contributed by atoms with E-state index in [-0.39, 0.29) is 5.91 Å². The summed E-state index contributed by atoms with van der Waals surface area (Å²) in [4.78, 5) is 25.8. The van der Waals surface area contributed by atoms with Crippen molar-refractivity contribution in [3.63, 3.8) is 0 Å². The van der Waals surface area contributed by atoms with Gasteiger partial charge in [-0.25, -0.2) is 0 Å². The predicted molar refractivity (Wildman–Crippen MR) is 102 cm³/mol. The lowest BCUT2D eigenvalue weighted by atomic mass is 10.1. The van der Waals surface area contributed by atoms with Gasteiger partial charge in [-0.15, -0.1) is 0 Å². The van der Waals surface area contributed by atoms with E-state index in [0.29, 0.717) is 17.8 Å². The minimum Gasteiger partial charge on any atom is -0.366 e. The van der Waals surface area contributed by atoms with Gasteiger partial charge in [0.25, 0.3) is 5.91 Å². The molecule has 132 valence electrons. The fourth-order valence-corrected chi connectivity index (χ4v) is 2.99. The molecular formula is C21H21N3O2. The van der Waals surface area contributed by atoms with Crippen LogP contribution >= 0.6 is 0 Å². The van der Waals surface area contributed by atoms with E-state index in [1.54, 1.807) is 30.1 Å². The minimum atomic E-state index is -0.476. The summed E-state index contributed by atoms with van der Waals surface area (Å²) >= 11 is 0. The van der Waals surface area contributed by atoms with Crippen LogP contribution in [-0.4, -0.2) is 28.3 Å². The first-order valence-electron chi connectivity index (χ1n) is 8.32. The molecular weight excluding hydrogens is 326 g/mol. The van der Waals surface area contributed by atoms with E-state index in [9.17, 15) is 9.59 Å². The van der Waals surface area contributed by atoms with Gasteiger partial charge in [-0.05, 0) is 35.4 Å². The Balaban J connectivity index is 1.80. The summed E-state index contributed by atoms with van der Waals surface area (Å²) in [6.07, 6.45) is 0. The molecule has 0 radical (unpaired) electrons. The lowest BCUT2D eigenvalue weighted by molar-refractivity contribution is 0.0776. The normalized spacial score (nSPS) is 10.5. The van der Waals surface area contributed by atoms with Crippen molar-refractivity contribution in [1.82, 2.24) is 9.47 Å². The fourth-order valence-electron chi connectivity index (χ4n) is 2.99. The average Bonchev–Trinajstić information content (AvgIpc) is 3.03. The molecule has 3 rings (SSSR count). The molecule has 0 aliphatic carbocycles. The number of carbonyl (C=O) groups is 2. The Labute approximate surface area is 152 Å². The van der Waals surface area contributed by atoms with E-state index in [2.05, 4.69) is 0 Å². The number of primary amides is 1. The van der Waals surface area contributed by atoms with E-state index >= 15 is 0 Å². The smallest absolute Gasteiger partial charge is 0.270 e. The molecule has 0 atom stereocenters. The van der Waals surface area contributed by atoms with E-state index in [0.717, 1.165) is 16.8 Å². The van der Waals surface area contributed by atoms with Crippen LogP contribution in [0, 0.1) is 0 Å². The van der Waals surface area contributed by atoms with Crippen molar-refractivity contribution < 1.29 is 9.59 Å². The number of amides is 2. The predicted octanol–water partition coefficient (Wildman–Crippen LogP) is 3.06. The monoisotopic (exact) mass is 347 g/mol. The highest BCUT2D eigenvalue weighted by Gasteiger charge is 2.18. The summed E-state index contributed by atoms with van der Waals surface area (Å²) in [5, 5.41) is 0. The third-order valence-electron chi connectivity index (χ3n) is 4.39. The van der Waals surface area contributed by atoms with Crippen molar-refractivity contribution in [2.75, 3.05) is 7.05 Å². The Kier molecular flexibility index (Phi) is 4.89. The van der Waals surface area contributed by atoms with Crippen LogP contribution in [0.3, 0.4) is 0 Å². The molecule has 0 aliphatic rings. The summed E-state index contributed by atoms with van der Waals surface area (Å²) in [6.45, 7) is 0.395. The van der Waals surface area contributed by atoms with Crippen LogP contribution in [-0.2, 0) is 13.6 Å². The quantitative estimate of drug-likeness (QED) is 0.771. The summed E-state index contributed by atoms with van der Waals surface area (Å²) in [5.41, 5.74) is 9.27. The SMILES string of the molecule is CN(Cc1cccc(C(N)=O)c1)C(=O)c1ccc(-c2ccccc2)n1C. The van der Waals surface area contributed by atoms with Gasteiger partial charge in [-0.2, -0.15) is 0 Å². The van der Waals surface area contributed by atoms with Gasteiger partial charge in [0, 0.05) is 31.9 Å². The number of benzene rings is 2. The number of carbonyl (C=O) groups excluding carboxylic acids is 2. The second kappa shape index (κ2) is 7.27. The van der Waals surface area contributed by atoms with E-state index < -0.39 is 5.91 Å². The molecule has 0 spiro atoms. The molecule has 2 amide bonds. The van der Waals surface area contributed by atoms with Gasteiger partial charge >= 0.3 is 0 Å². The number of hydrogen-bond acceptors (Lipinski definition) is 2. The molecule has 0 saturated carbocycles. The standard InChI is InChI=1S/C21H21N3O2/c1-23(14-15-7-6-10-17(13-15)20(22)25)21(26)19-12-11-18(24(19)2)16-8-4-3-5-9-16/h3-13H,14H2,1-2H3,(H2,22,25). The van der Waals surface area contributed by atoms with Crippen LogP contribution < -0.4 is 5.73 Å². The van der Waals surface area contributed by atoms with Crippen molar-refractivity contribution in [1.29, 1.82) is 0 Å². The van der Waals surface area contributed by atoms with Crippen LogP contribution in [0.4, 0.5) is 0 Å². The van der Waals surface area contributed by atoms with Crippen molar-refractivity contribution in [3.05, 3.63) is 83.6 Å². The van der Waals surface area contributed by atoms with Gasteiger partial charge in [-0.1, -0.05) is 42.5 Å². The molecule has 0 saturated heterocycles. The molecule has 0 fully saturated rings. The summed E-state index contributed by atoms with van der Waals surface area (Å²) in [5.74, 6) is -0.560. The largest absolute Gasteiger partial charge is 0.366 e. The van der Waals surface area contributed by atoms with Gasteiger partial charge in [0.1, 0.15) is 5.69 Å². The Morgan fingerprint density at radius 2 is 1.73 bits per heavy atom. The number of hydrogen-bond donors (Lipinski definition) is 1. The first-order chi connectivity index (χ1) is 12.5. The summed E-state index contributed by atoms with van der Waals surface area (Å²) in [7, 11) is 3.63.